The van der Waals surface area contributed by atoms with Gasteiger partial charge in [-0.05, 0) is 67.8 Å². The van der Waals surface area contributed by atoms with Gasteiger partial charge in [-0.25, -0.2) is 19.3 Å². The molecular weight excluding hydrogens is 503 g/mol. The fourth-order valence-corrected chi connectivity index (χ4v) is 6.03. The number of aromatic amines is 1. The molecule has 1 aliphatic carbocycles. The molecule has 3 aliphatic heterocycles. The van der Waals surface area contributed by atoms with Crippen molar-refractivity contribution in [3.63, 3.8) is 0 Å². The molecule has 4 aliphatic rings. The van der Waals surface area contributed by atoms with E-state index in [0.29, 0.717) is 30.7 Å². The molecule has 1 N–H and O–H groups in total. The molecule has 8 rings (SSSR count). The van der Waals surface area contributed by atoms with Crippen LogP contribution < -0.4 is 4.90 Å². The summed E-state index contributed by atoms with van der Waals surface area (Å²) in [5.74, 6) is 1.59. The van der Waals surface area contributed by atoms with Crippen molar-refractivity contribution in [2.45, 2.75) is 51.7 Å². The van der Waals surface area contributed by atoms with Crippen LogP contribution in [-0.4, -0.2) is 60.2 Å². The Bertz CT molecular complexity index is 1590. The number of piperidine rings is 1. The van der Waals surface area contributed by atoms with Crippen LogP contribution in [0, 0.1) is 13.8 Å². The zero-order chi connectivity index (χ0) is 27.2. The zero-order valence-electron chi connectivity index (χ0n) is 22.7. The Hall–Kier alpha value is -4.24. The highest BCUT2D eigenvalue weighted by molar-refractivity contribution is 5.69. The third-order valence-electron chi connectivity index (χ3n) is 8.05. The number of hydrogen-bond acceptors (Lipinski definition) is 7. The van der Waals surface area contributed by atoms with Gasteiger partial charge < -0.3 is 4.90 Å². The Kier molecular flexibility index (Phi) is 6.23. The van der Waals surface area contributed by atoms with E-state index in [4.69, 9.17) is 9.97 Å². The molecule has 9 heteroatoms. The van der Waals surface area contributed by atoms with Gasteiger partial charge in [0.2, 0.25) is 0 Å². The topological polar surface area (TPSA) is 86.7 Å². The molecule has 0 radical (unpaired) electrons. The van der Waals surface area contributed by atoms with E-state index in [2.05, 4.69) is 48.2 Å². The van der Waals surface area contributed by atoms with Gasteiger partial charge in [0.25, 0.3) is 0 Å². The molecule has 0 aromatic carbocycles. The van der Waals surface area contributed by atoms with E-state index in [0.717, 1.165) is 65.1 Å². The number of nitrogens with one attached hydrogen (secondary N) is 1. The van der Waals surface area contributed by atoms with Gasteiger partial charge in [0.1, 0.15) is 11.6 Å². The van der Waals surface area contributed by atoms with Crippen molar-refractivity contribution in [3.05, 3.63) is 101 Å². The average Bonchev–Trinajstić information content (AvgIpc) is 3.59. The van der Waals surface area contributed by atoms with Crippen molar-refractivity contribution in [1.82, 2.24) is 35.0 Å². The molecule has 40 heavy (non-hydrogen) atoms. The summed E-state index contributed by atoms with van der Waals surface area (Å²) < 4.78 is 13.4. The summed E-state index contributed by atoms with van der Waals surface area (Å²) in [5.41, 5.74) is 7.80. The highest BCUT2D eigenvalue weighted by Crippen LogP contribution is 2.36. The molecule has 3 fully saturated rings. The van der Waals surface area contributed by atoms with Crippen molar-refractivity contribution in [3.8, 4) is 11.4 Å². The molecule has 0 spiro atoms. The molecule has 3 saturated heterocycles. The van der Waals surface area contributed by atoms with Crippen molar-refractivity contribution < 1.29 is 4.39 Å². The maximum Gasteiger partial charge on any atom is 0.161 e. The molecule has 2 unspecified atom stereocenters. The maximum absolute atomic E-state index is 13.4. The summed E-state index contributed by atoms with van der Waals surface area (Å²) in [5, 5.41) is 7.33. The van der Waals surface area contributed by atoms with E-state index >= 15 is 0 Å². The van der Waals surface area contributed by atoms with Crippen LogP contribution in [0.25, 0.3) is 17.0 Å². The van der Waals surface area contributed by atoms with Crippen LogP contribution in [0.1, 0.15) is 46.9 Å². The van der Waals surface area contributed by atoms with E-state index in [9.17, 15) is 4.39 Å². The number of rotatable bonds is 7. The standard InChI is InChI=1S/C31H31FN8/c1-19-9-25(12-26-10-20(2)37-38-26)36-31(35-19)23-5-8-30(34-15-23)39-17-27-13-28(18-39)40(27)16-21-3-7-29(33-14-21)22-4-6-24(32)11-22/h3-10,14-15,27-28H,11-13,16-18H2,1-2H3,(H,37,38). The van der Waals surface area contributed by atoms with Gasteiger partial charge in [-0.2, -0.15) is 5.10 Å². The highest BCUT2D eigenvalue weighted by atomic mass is 19.1. The molecule has 4 aromatic rings. The second-order valence-corrected chi connectivity index (χ2v) is 11.1. The number of nitrogens with zero attached hydrogens (tertiary/aromatic N) is 7. The van der Waals surface area contributed by atoms with Gasteiger partial charge in [0.05, 0.1) is 17.1 Å². The third-order valence-corrected chi connectivity index (χ3v) is 8.05. The molecule has 2 atom stereocenters. The van der Waals surface area contributed by atoms with Gasteiger partial charge >= 0.3 is 0 Å². The summed E-state index contributed by atoms with van der Waals surface area (Å²) in [6.07, 6.45) is 9.39. The number of anilines is 1. The van der Waals surface area contributed by atoms with Crippen molar-refractivity contribution >= 4 is 11.4 Å². The lowest BCUT2D eigenvalue weighted by Gasteiger charge is -2.56. The lowest BCUT2D eigenvalue weighted by molar-refractivity contribution is -0.00875. The lowest BCUT2D eigenvalue weighted by Crippen LogP contribution is -2.68. The predicted molar refractivity (Wildman–Crippen MR) is 152 cm³/mol. The van der Waals surface area contributed by atoms with Crippen molar-refractivity contribution in [2.24, 2.45) is 0 Å². The number of piperazine rings is 1. The lowest BCUT2D eigenvalue weighted by atomic mass is 9.87. The Balaban J connectivity index is 0.982. The molecule has 4 aromatic heterocycles. The summed E-state index contributed by atoms with van der Waals surface area (Å²) in [4.78, 5) is 23.8. The summed E-state index contributed by atoms with van der Waals surface area (Å²) in [7, 11) is 0. The Morgan fingerprint density at radius 2 is 1.82 bits per heavy atom. The number of hydrogen-bond donors (Lipinski definition) is 1. The van der Waals surface area contributed by atoms with Crippen LogP contribution >= 0.6 is 0 Å². The number of pyridine rings is 2. The maximum atomic E-state index is 13.4. The summed E-state index contributed by atoms with van der Waals surface area (Å²) in [6.45, 7) is 6.80. The number of aromatic nitrogens is 6. The van der Waals surface area contributed by atoms with Crippen LogP contribution in [0.2, 0.25) is 0 Å². The first kappa shape index (κ1) is 24.8. The fourth-order valence-electron chi connectivity index (χ4n) is 6.03. The van der Waals surface area contributed by atoms with Crippen LogP contribution in [0.3, 0.4) is 0 Å². The van der Waals surface area contributed by atoms with Crippen molar-refractivity contribution in [1.29, 1.82) is 0 Å². The van der Waals surface area contributed by atoms with E-state index in [-0.39, 0.29) is 5.83 Å². The van der Waals surface area contributed by atoms with Crippen LogP contribution in [-0.2, 0) is 13.0 Å². The van der Waals surface area contributed by atoms with E-state index in [1.54, 1.807) is 0 Å². The molecule has 0 amide bonds. The number of aryl methyl sites for hydroxylation is 2. The molecule has 7 heterocycles. The molecule has 202 valence electrons. The van der Waals surface area contributed by atoms with Gasteiger partial charge in [-0.3, -0.25) is 15.0 Å². The van der Waals surface area contributed by atoms with Gasteiger partial charge in [0, 0.05) is 73.9 Å². The van der Waals surface area contributed by atoms with E-state index in [1.807, 2.05) is 50.5 Å². The number of fused-ring (bicyclic) bond motifs is 2. The Morgan fingerprint density at radius 1 is 0.950 bits per heavy atom. The first-order valence-electron chi connectivity index (χ1n) is 13.8. The number of halogens is 1. The van der Waals surface area contributed by atoms with Gasteiger partial charge in [-0.15, -0.1) is 0 Å². The van der Waals surface area contributed by atoms with Crippen LogP contribution in [0.15, 0.2) is 66.8 Å². The first-order chi connectivity index (χ1) is 19.5. The minimum absolute atomic E-state index is 0.100. The van der Waals surface area contributed by atoms with Crippen LogP contribution in [0.5, 0.6) is 0 Å². The summed E-state index contributed by atoms with van der Waals surface area (Å²) >= 11 is 0. The van der Waals surface area contributed by atoms with Gasteiger partial charge in [0.15, 0.2) is 5.82 Å². The highest BCUT2D eigenvalue weighted by Gasteiger charge is 2.44. The molecule has 2 bridgehead atoms. The quantitative estimate of drug-likeness (QED) is 0.358. The zero-order valence-corrected chi connectivity index (χ0v) is 22.7. The minimum Gasteiger partial charge on any atom is -0.353 e. The van der Waals surface area contributed by atoms with E-state index < -0.39 is 0 Å². The Morgan fingerprint density at radius 3 is 2.50 bits per heavy atom. The normalized spacial score (nSPS) is 20.3. The second-order valence-electron chi connectivity index (χ2n) is 11.1. The molecule has 0 saturated carbocycles. The number of allylic oxidation sites excluding steroid dienone is 4. The Labute approximate surface area is 232 Å². The SMILES string of the molecule is Cc1cc(Cc2cc(C)[nH]n2)nc(-c2ccc(N3CC4CC(C3)N4Cc3ccc(C4=CC=C(F)C4)nc3)nc2)n1. The fraction of sp³-hybridized carbons (Fsp3) is 0.323. The van der Waals surface area contributed by atoms with E-state index in [1.165, 1.54) is 18.1 Å². The summed E-state index contributed by atoms with van der Waals surface area (Å²) in [6, 6.07) is 13.4. The minimum atomic E-state index is -0.100. The van der Waals surface area contributed by atoms with Gasteiger partial charge in [-0.1, -0.05) is 12.1 Å². The monoisotopic (exact) mass is 534 g/mol. The molecular formula is C31H31FN8. The smallest absolute Gasteiger partial charge is 0.161 e. The first-order valence-corrected chi connectivity index (χ1v) is 13.8. The number of H-pyrrole nitrogens is 1. The predicted octanol–water partition coefficient (Wildman–Crippen LogP) is 4.97. The average molecular weight is 535 g/mol. The van der Waals surface area contributed by atoms with Crippen molar-refractivity contribution in [2.75, 3.05) is 18.0 Å². The largest absolute Gasteiger partial charge is 0.353 e. The third kappa shape index (κ3) is 4.93. The van der Waals surface area contributed by atoms with Crippen LogP contribution in [0.4, 0.5) is 10.2 Å². The molecule has 8 nitrogen and oxygen atoms in total. The second kappa shape index (κ2) is 10.1.